The lowest BCUT2D eigenvalue weighted by molar-refractivity contribution is -0.191. The maximum Gasteiger partial charge on any atom is 0.407 e. The number of alkyl carbamates (subject to hydrolysis) is 1. The fraction of sp³-hybridized carbons (Fsp3) is 0.517. The van der Waals surface area contributed by atoms with E-state index in [9.17, 15) is 19.2 Å². The molecule has 0 radical (unpaired) electrons. The molecule has 5 amide bonds. The molecule has 2 saturated heterocycles. The van der Waals surface area contributed by atoms with Crippen molar-refractivity contribution in [1.29, 1.82) is 0 Å². The normalized spacial score (nSPS) is 21.5. The Labute approximate surface area is 235 Å². The Morgan fingerprint density at radius 3 is 2.60 bits per heavy atom. The van der Waals surface area contributed by atoms with Gasteiger partial charge < -0.3 is 25.2 Å². The molecule has 40 heavy (non-hydrogen) atoms. The highest BCUT2D eigenvalue weighted by molar-refractivity contribution is 5.91. The van der Waals surface area contributed by atoms with E-state index in [0.717, 1.165) is 31.2 Å². The van der Waals surface area contributed by atoms with Gasteiger partial charge in [0.1, 0.15) is 18.8 Å². The molecule has 2 atom stereocenters. The summed E-state index contributed by atoms with van der Waals surface area (Å²) in [6, 6.07) is 8.48. The summed E-state index contributed by atoms with van der Waals surface area (Å²) >= 11 is 0. The number of nitrogens with one attached hydrogen (secondary N) is 2. The number of hydrogen-bond acceptors (Lipinski definition) is 6. The van der Waals surface area contributed by atoms with Gasteiger partial charge in [0.2, 0.25) is 11.8 Å². The van der Waals surface area contributed by atoms with Crippen molar-refractivity contribution >= 4 is 23.9 Å². The molecule has 0 unspecified atom stereocenters. The predicted octanol–water partition coefficient (Wildman–Crippen LogP) is 2.06. The smallest absolute Gasteiger partial charge is 0.407 e. The zero-order valence-corrected chi connectivity index (χ0v) is 22.8. The Hall–Kier alpha value is -4.04. The van der Waals surface area contributed by atoms with E-state index in [-0.39, 0.29) is 56.7 Å². The number of urea groups is 1. The number of rotatable bonds is 10. The van der Waals surface area contributed by atoms with Crippen LogP contribution < -0.4 is 10.6 Å². The van der Waals surface area contributed by atoms with E-state index in [2.05, 4.69) is 23.1 Å². The second-order valence-electron chi connectivity index (χ2n) is 10.2. The summed E-state index contributed by atoms with van der Waals surface area (Å²) in [5, 5.41) is 8.73. The van der Waals surface area contributed by atoms with Gasteiger partial charge in [-0.3, -0.25) is 9.59 Å². The van der Waals surface area contributed by atoms with Crippen molar-refractivity contribution < 1.29 is 23.9 Å². The molecule has 1 aliphatic carbocycles. The predicted molar refractivity (Wildman–Crippen MR) is 148 cm³/mol. The average molecular weight is 551 g/mol. The molecule has 11 heteroatoms. The largest absolute Gasteiger partial charge is 0.445 e. The number of nitrogens with zero attached hydrogens (tertiary/aromatic N) is 4. The molecule has 0 spiro atoms. The number of amides is 5. The standard InChI is InChI=1S/C29H38N6O5/c1-3-17-32-21-26(36)34-24(15-10-16-30-29(39)40-18-4-2)27(37)33(23-13-8-9-14-23)20-25(34)35(32)28(38)31-19-22-11-6-5-7-12-22/h1,4-7,11-12,23-25H,2,8-10,13-21H2,(H,30,39)(H,31,38)/t24-,25-/m0/s1. The fourth-order valence-corrected chi connectivity index (χ4v) is 5.74. The third-order valence-corrected chi connectivity index (χ3v) is 7.57. The topological polar surface area (TPSA) is 115 Å². The van der Waals surface area contributed by atoms with Crippen molar-refractivity contribution in [2.75, 3.05) is 32.8 Å². The molecule has 4 rings (SSSR count). The monoisotopic (exact) mass is 550 g/mol. The number of carbonyl (C=O) groups excluding carboxylic acids is 4. The van der Waals surface area contributed by atoms with E-state index >= 15 is 0 Å². The lowest BCUT2D eigenvalue weighted by atomic mass is 9.99. The molecule has 1 saturated carbocycles. The molecule has 2 heterocycles. The van der Waals surface area contributed by atoms with E-state index < -0.39 is 18.3 Å². The number of benzene rings is 1. The minimum atomic E-state index is -0.754. The summed E-state index contributed by atoms with van der Waals surface area (Å²) in [6.45, 7) is 4.39. The Kier molecular flexibility index (Phi) is 10.0. The fourth-order valence-electron chi connectivity index (χ4n) is 5.74. The van der Waals surface area contributed by atoms with Crippen molar-refractivity contribution in [3.63, 3.8) is 0 Å². The van der Waals surface area contributed by atoms with Gasteiger partial charge in [0.25, 0.3) is 0 Å². The van der Waals surface area contributed by atoms with Gasteiger partial charge in [0, 0.05) is 19.1 Å². The van der Waals surface area contributed by atoms with Crippen LogP contribution in [-0.4, -0.2) is 94.8 Å². The molecule has 214 valence electrons. The number of carbonyl (C=O) groups is 4. The Morgan fingerprint density at radius 2 is 1.90 bits per heavy atom. The first-order chi connectivity index (χ1) is 19.4. The summed E-state index contributed by atoms with van der Waals surface area (Å²) in [4.78, 5) is 56.2. The number of hydrogen-bond donors (Lipinski definition) is 2. The molecule has 3 aliphatic rings. The minimum absolute atomic E-state index is 0.0662. The van der Waals surface area contributed by atoms with Crippen LogP contribution in [0.2, 0.25) is 0 Å². The first kappa shape index (κ1) is 29.0. The van der Waals surface area contributed by atoms with Crippen molar-refractivity contribution in [3.05, 3.63) is 48.6 Å². The van der Waals surface area contributed by atoms with Gasteiger partial charge in [-0.15, -0.1) is 6.42 Å². The highest BCUT2D eigenvalue weighted by atomic mass is 16.5. The zero-order chi connectivity index (χ0) is 28.5. The Morgan fingerprint density at radius 1 is 1.15 bits per heavy atom. The summed E-state index contributed by atoms with van der Waals surface area (Å²) in [5.74, 6) is 2.20. The third kappa shape index (κ3) is 6.74. The first-order valence-corrected chi connectivity index (χ1v) is 13.9. The van der Waals surface area contributed by atoms with Gasteiger partial charge in [-0.2, -0.15) is 5.01 Å². The van der Waals surface area contributed by atoms with Crippen molar-refractivity contribution in [3.8, 4) is 12.3 Å². The van der Waals surface area contributed by atoms with Crippen LogP contribution in [0.1, 0.15) is 44.1 Å². The third-order valence-electron chi connectivity index (χ3n) is 7.57. The number of terminal acetylenes is 1. The molecule has 2 N–H and O–H groups in total. The number of hydrazine groups is 1. The Balaban J connectivity index is 1.55. The van der Waals surface area contributed by atoms with Crippen LogP contribution in [0.4, 0.5) is 9.59 Å². The Bertz CT molecular complexity index is 1120. The molecular weight excluding hydrogens is 512 g/mol. The number of fused-ring (bicyclic) bond motifs is 1. The van der Waals surface area contributed by atoms with Crippen LogP contribution in [0.3, 0.4) is 0 Å². The van der Waals surface area contributed by atoms with Crippen LogP contribution in [-0.2, 0) is 20.9 Å². The molecule has 0 bridgehead atoms. The van der Waals surface area contributed by atoms with E-state index in [1.807, 2.05) is 35.2 Å². The van der Waals surface area contributed by atoms with Gasteiger partial charge >= 0.3 is 12.1 Å². The van der Waals surface area contributed by atoms with Gasteiger partial charge in [-0.05, 0) is 31.2 Å². The molecular formula is C29H38N6O5. The second-order valence-corrected chi connectivity index (χ2v) is 10.2. The molecule has 11 nitrogen and oxygen atoms in total. The van der Waals surface area contributed by atoms with Crippen LogP contribution >= 0.6 is 0 Å². The maximum absolute atomic E-state index is 13.8. The average Bonchev–Trinajstić information content (AvgIpc) is 3.49. The lowest BCUT2D eigenvalue weighted by Crippen LogP contribution is -2.77. The van der Waals surface area contributed by atoms with Crippen LogP contribution in [0.5, 0.6) is 0 Å². The van der Waals surface area contributed by atoms with E-state index in [1.54, 1.807) is 9.91 Å². The zero-order valence-electron chi connectivity index (χ0n) is 22.8. The molecule has 1 aromatic rings. The number of piperazine rings is 1. The summed E-state index contributed by atoms with van der Waals surface area (Å²) in [7, 11) is 0. The summed E-state index contributed by atoms with van der Waals surface area (Å²) in [6.07, 6.45) is 10.5. The highest BCUT2D eigenvalue weighted by Gasteiger charge is 2.52. The van der Waals surface area contributed by atoms with Crippen LogP contribution in [0.15, 0.2) is 43.0 Å². The lowest BCUT2D eigenvalue weighted by Gasteiger charge is -2.55. The number of ether oxygens (including phenoxy) is 1. The van der Waals surface area contributed by atoms with E-state index in [4.69, 9.17) is 11.2 Å². The molecule has 2 aliphatic heterocycles. The molecule has 1 aromatic carbocycles. The molecule has 3 fully saturated rings. The first-order valence-electron chi connectivity index (χ1n) is 13.9. The van der Waals surface area contributed by atoms with Crippen LogP contribution in [0.25, 0.3) is 0 Å². The summed E-state index contributed by atoms with van der Waals surface area (Å²) < 4.78 is 4.94. The SMILES string of the molecule is C#CCN1CC(=O)N2[C@@H](CCCNC(=O)OCC=C)C(=O)N(C3CCCC3)C[C@@H]2N1C(=O)NCc1ccccc1. The summed E-state index contributed by atoms with van der Waals surface area (Å²) in [5.41, 5.74) is 0.938. The van der Waals surface area contributed by atoms with Crippen molar-refractivity contribution in [1.82, 2.24) is 30.5 Å². The van der Waals surface area contributed by atoms with Gasteiger partial charge in [0.05, 0.1) is 19.6 Å². The highest BCUT2D eigenvalue weighted by Crippen LogP contribution is 2.33. The quantitative estimate of drug-likeness (QED) is 0.262. The van der Waals surface area contributed by atoms with Crippen molar-refractivity contribution in [2.24, 2.45) is 0 Å². The van der Waals surface area contributed by atoms with E-state index in [0.29, 0.717) is 19.4 Å². The van der Waals surface area contributed by atoms with Crippen LogP contribution in [0, 0.1) is 12.3 Å². The van der Waals surface area contributed by atoms with Gasteiger partial charge in [0.15, 0.2) is 0 Å². The van der Waals surface area contributed by atoms with Gasteiger partial charge in [-0.1, -0.05) is 61.7 Å². The van der Waals surface area contributed by atoms with E-state index in [1.165, 1.54) is 11.1 Å². The van der Waals surface area contributed by atoms with Crippen molar-refractivity contribution in [2.45, 2.75) is 63.3 Å². The molecule has 0 aromatic heterocycles. The minimum Gasteiger partial charge on any atom is -0.445 e. The maximum atomic E-state index is 13.8. The van der Waals surface area contributed by atoms with Gasteiger partial charge in [-0.25, -0.2) is 14.6 Å². The second kappa shape index (κ2) is 13.8.